The summed E-state index contributed by atoms with van der Waals surface area (Å²) in [6, 6.07) is 13.0. The molecule has 0 spiro atoms. The molecule has 2 amide bonds. The van der Waals surface area contributed by atoms with Gasteiger partial charge in [0.1, 0.15) is 6.54 Å². The van der Waals surface area contributed by atoms with E-state index in [4.69, 9.17) is 4.52 Å². The van der Waals surface area contributed by atoms with Gasteiger partial charge in [-0.25, -0.2) is 4.90 Å². The van der Waals surface area contributed by atoms with Crippen molar-refractivity contribution in [3.05, 3.63) is 64.5 Å². The zero-order chi connectivity index (χ0) is 20.8. The maximum Gasteiger partial charge on any atom is 0.263 e. The van der Waals surface area contributed by atoms with Gasteiger partial charge in [-0.3, -0.25) is 14.6 Å². The highest BCUT2D eigenvalue weighted by molar-refractivity contribution is 9.10. The highest BCUT2D eigenvalue weighted by Gasteiger charge is 2.55. The number of carbonyl (C=O) groups is 2. The Labute approximate surface area is 179 Å². The first-order valence-electron chi connectivity index (χ1n) is 9.22. The molecule has 0 aliphatic carbocycles. The highest BCUT2D eigenvalue weighted by atomic mass is 79.9. The first-order chi connectivity index (χ1) is 14.5. The van der Waals surface area contributed by atoms with E-state index in [0.717, 1.165) is 20.5 Å². The van der Waals surface area contributed by atoms with E-state index in [9.17, 15) is 9.59 Å². The number of nitrogens with zero attached hydrogens (tertiary/aromatic N) is 6. The van der Waals surface area contributed by atoms with Gasteiger partial charge in [-0.2, -0.15) is 10.1 Å². The first-order valence-corrected chi connectivity index (χ1v) is 10.0. The van der Waals surface area contributed by atoms with Gasteiger partial charge >= 0.3 is 0 Å². The molecule has 2 aliphatic heterocycles. The Bertz CT molecular complexity index is 1180. The normalized spacial score (nSPS) is 20.3. The van der Waals surface area contributed by atoms with E-state index in [0.29, 0.717) is 11.5 Å². The van der Waals surface area contributed by atoms with Crippen molar-refractivity contribution in [1.29, 1.82) is 0 Å². The van der Waals surface area contributed by atoms with Gasteiger partial charge in [0.2, 0.25) is 11.7 Å². The topological polar surface area (TPSA) is 104 Å². The van der Waals surface area contributed by atoms with E-state index in [1.54, 1.807) is 24.3 Å². The predicted molar refractivity (Wildman–Crippen MR) is 109 cm³/mol. The summed E-state index contributed by atoms with van der Waals surface area (Å²) >= 11 is 3.35. The molecule has 0 unspecified atom stereocenters. The molecular weight excluding hydrogens is 452 g/mol. The Morgan fingerprint density at radius 2 is 1.83 bits per heavy atom. The molecular formula is C20H15BrN6O3. The zero-order valence-electron chi connectivity index (χ0n) is 15.8. The van der Waals surface area contributed by atoms with E-state index in [-0.39, 0.29) is 18.3 Å². The lowest BCUT2D eigenvalue weighted by Crippen LogP contribution is -2.39. The molecule has 9 nitrogen and oxygen atoms in total. The van der Waals surface area contributed by atoms with E-state index < -0.39 is 18.0 Å². The van der Waals surface area contributed by atoms with Crippen molar-refractivity contribution in [1.82, 2.24) is 15.1 Å². The summed E-state index contributed by atoms with van der Waals surface area (Å²) < 4.78 is 6.21. The predicted octanol–water partition coefficient (Wildman–Crippen LogP) is 3.30. The molecule has 3 aromatic rings. The average Bonchev–Trinajstić information content (AvgIpc) is 3.42. The van der Waals surface area contributed by atoms with Crippen LogP contribution in [0.15, 0.2) is 67.9 Å². The molecule has 1 saturated heterocycles. The van der Waals surface area contributed by atoms with Crippen LogP contribution in [0.3, 0.4) is 0 Å². The lowest BCUT2D eigenvalue weighted by atomic mass is 10.1. The van der Waals surface area contributed by atoms with Gasteiger partial charge in [0.25, 0.3) is 11.8 Å². The standard InChI is InChI=1S/C20H15BrN6O3/c1-11-4-2-3-5-14(11)18-22-15(30-24-18)10-26-17-16(23-25-26)19(28)27(20(17)29)13-8-6-12(21)7-9-13/h2-9,16-17H,10H2,1H3/t16-,17+/m1/s1. The van der Waals surface area contributed by atoms with Crippen LogP contribution >= 0.6 is 15.9 Å². The Morgan fingerprint density at radius 3 is 2.60 bits per heavy atom. The Kier molecular flexibility index (Phi) is 4.43. The number of carbonyl (C=O) groups excluding carboxylic acids is 2. The van der Waals surface area contributed by atoms with Crippen LogP contribution < -0.4 is 4.90 Å². The number of anilines is 1. The lowest BCUT2D eigenvalue weighted by molar-refractivity contribution is -0.123. The minimum atomic E-state index is -0.875. The SMILES string of the molecule is Cc1ccccc1-c1noc(CN2N=N[C@H]3C(=O)N(c4ccc(Br)cc4)C(=O)[C@H]32)n1. The number of fused-ring (bicyclic) bond motifs is 1. The third-order valence-corrected chi connectivity index (χ3v) is 5.62. The summed E-state index contributed by atoms with van der Waals surface area (Å²) in [6.45, 7) is 2.04. The molecule has 150 valence electrons. The van der Waals surface area contributed by atoms with Crippen LogP contribution in [-0.2, 0) is 16.1 Å². The maximum atomic E-state index is 13.0. The third kappa shape index (κ3) is 3.00. The summed E-state index contributed by atoms with van der Waals surface area (Å²) in [4.78, 5) is 31.4. The molecule has 2 aliphatic rings. The summed E-state index contributed by atoms with van der Waals surface area (Å²) in [5.74, 6) is -0.0306. The van der Waals surface area contributed by atoms with Crippen LogP contribution in [0.2, 0.25) is 0 Å². The monoisotopic (exact) mass is 466 g/mol. The Hall–Kier alpha value is -3.40. The second-order valence-corrected chi connectivity index (χ2v) is 7.92. The maximum absolute atomic E-state index is 13.0. The van der Waals surface area contributed by atoms with Gasteiger partial charge in [0, 0.05) is 10.0 Å². The number of aryl methyl sites for hydroxylation is 1. The molecule has 10 heteroatoms. The third-order valence-electron chi connectivity index (χ3n) is 5.09. The Morgan fingerprint density at radius 1 is 1.07 bits per heavy atom. The van der Waals surface area contributed by atoms with Crippen LogP contribution in [0.5, 0.6) is 0 Å². The smallest absolute Gasteiger partial charge is 0.263 e. The molecule has 2 atom stereocenters. The molecule has 0 radical (unpaired) electrons. The van der Waals surface area contributed by atoms with Gasteiger partial charge in [0.15, 0.2) is 12.1 Å². The summed E-state index contributed by atoms with van der Waals surface area (Å²) in [7, 11) is 0. The fourth-order valence-electron chi connectivity index (χ4n) is 3.59. The average molecular weight is 467 g/mol. The van der Waals surface area contributed by atoms with E-state index >= 15 is 0 Å². The molecule has 0 N–H and O–H groups in total. The van der Waals surface area contributed by atoms with Gasteiger partial charge in [-0.1, -0.05) is 50.6 Å². The van der Waals surface area contributed by atoms with Crippen molar-refractivity contribution < 1.29 is 14.1 Å². The fraction of sp³-hybridized carbons (Fsp3) is 0.200. The van der Waals surface area contributed by atoms with Gasteiger partial charge in [-0.05, 0) is 36.8 Å². The molecule has 1 aromatic heterocycles. The first kappa shape index (κ1) is 18.6. The lowest BCUT2D eigenvalue weighted by Gasteiger charge is -2.19. The van der Waals surface area contributed by atoms with Crippen LogP contribution in [0.4, 0.5) is 5.69 Å². The van der Waals surface area contributed by atoms with Gasteiger partial charge in [-0.15, -0.1) is 0 Å². The molecule has 5 rings (SSSR count). The largest absolute Gasteiger partial charge is 0.337 e. The quantitative estimate of drug-likeness (QED) is 0.546. The second kappa shape index (κ2) is 7.13. The number of halogens is 1. The number of hydrogen-bond acceptors (Lipinski definition) is 8. The molecule has 3 heterocycles. The zero-order valence-corrected chi connectivity index (χ0v) is 17.4. The van der Waals surface area contributed by atoms with E-state index in [1.807, 2.05) is 31.2 Å². The van der Waals surface area contributed by atoms with Crippen molar-refractivity contribution in [2.24, 2.45) is 10.3 Å². The van der Waals surface area contributed by atoms with Gasteiger partial charge in [0.05, 0.1) is 5.69 Å². The van der Waals surface area contributed by atoms with Crippen molar-refractivity contribution in [2.75, 3.05) is 4.90 Å². The number of hydrogen-bond donors (Lipinski definition) is 0. The molecule has 0 saturated carbocycles. The fourth-order valence-corrected chi connectivity index (χ4v) is 3.85. The van der Waals surface area contributed by atoms with Gasteiger partial charge < -0.3 is 4.52 Å². The molecule has 2 aromatic carbocycles. The van der Waals surface area contributed by atoms with E-state index in [2.05, 4.69) is 36.4 Å². The van der Waals surface area contributed by atoms with Crippen molar-refractivity contribution in [2.45, 2.75) is 25.6 Å². The van der Waals surface area contributed by atoms with Crippen molar-refractivity contribution in [3.8, 4) is 11.4 Å². The molecule has 1 fully saturated rings. The number of amides is 2. The van der Waals surface area contributed by atoms with Crippen LogP contribution in [0.25, 0.3) is 11.4 Å². The van der Waals surface area contributed by atoms with Crippen LogP contribution in [0, 0.1) is 6.92 Å². The van der Waals surface area contributed by atoms with Crippen molar-refractivity contribution in [3.63, 3.8) is 0 Å². The molecule has 30 heavy (non-hydrogen) atoms. The van der Waals surface area contributed by atoms with E-state index in [1.165, 1.54) is 5.01 Å². The molecule has 0 bridgehead atoms. The van der Waals surface area contributed by atoms with Crippen LogP contribution in [0.1, 0.15) is 11.5 Å². The number of benzene rings is 2. The number of aromatic nitrogens is 2. The minimum Gasteiger partial charge on any atom is -0.337 e. The Balaban J connectivity index is 1.37. The summed E-state index contributed by atoms with van der Waals surface area (Å²) in [6.07, 6.45) is 0. The second-order valence-electron chi connectivity index (χ2n) is 7.01. The van der Waals surface area contributed by atoms with Crippen molar-refractivity contribution >= 4 is 33.4 Å². The number of imide groups is 1. The summed E-state index contributed by atoms with van der Waals surface area (Å²) in [5, 5.41) is 13.5. The number of rotatable bonds is 4. The minimum absolute atomic E-state index is 0.0801. The van der Waals surface area contributed by atoms with Crippen LogP contribution in [-0.4, -0.2) is 39.0 Å². The highest BCUT2D eigenvalue weighted by Crippen LogP contribution is 2.33. The summed E-state index contributed by atoms with van der Waals surface area (Å²) in [5.41, 5.74) is 2.38.